The molecule has 0 amide bonds. The van der Waals surface area contributed by atoms with E-state index >= 15 is 0 Å². The van der Waals surface area contributed by atoms with Crippen molar-refractivity contribution >= 4 is 47.4 Å². The lowest BCUT2D eigenvalue weighted by atomic mass is 10.3. The molecule has 0 aliphatic carbocycles. The molecule has 0 radical (unpaired) electrons. The Hall–Kier alpha value is -1.68. The van der Waals surface area contributed by atoms with Crippen molar-refractivity contribution in [2.24, 2.45) is 4.99 Å². The van der Waals surface area contributed by atoms with Crippen LogP contribution in [0.5, 0.6) is 0 Å². The number of hydrogen-bond donors (Lipinski definition) is 2. The maximum atomic E-state index is 13.6. The third-order valence-corrected chi connectivity index (χ3v) is 4.34. The Kier molecular flexibility index (Phi) is 7.83. The Bertz CT molecular complexity index is 760. The number of nitrogens with one attached hydrogen (secondary N) is 2. The molecule has 0 spiro atoms. The highest BCUT2D eigenvalue weighted by Crippen LogP contribution is 2.25. The van der Waals surface area contributed by atoms with Gasteiger partial charge in [0.15, 0.2) is 5.96 Å². The summed E-state index contributed by atoms with van der Waals surface area (Å²) in [5.74, 6) is 1.08. The van der Waals surface area contributed by atoms with Gasteiger partial charge in [-0.1, -0.05) is 11.6 Å². The first kappa shape index (κ1) is 20.6. The summed E-state index contributed by atoms with van der Waals surface area (Å²) >= 11 is 6.21. The fraction of sp³-hybridized carbons (Fsp3) is 0.353. The summed E-state index contributed by atoms with van der Waals surface area (Å²) in [6.07, 6.45) is 4.25. The number of halogens is 3. The zero-order valence-electron chi connectivity index (χ0n) is 14.3. The van der Waals surface area contributed by atoms with Crippen LogP contribution in [0, 0.1) is 5.82 Å². The second-order valence-corrected chi connectivity index (χ2v) is 6.15. The molecule has 2 aromatic heterocycles. The zero-order valence-corrected chi connectivity index (χ0v) is 17.4. The van der Waals surface area contributed by atoms with E-state index in [4.69, 9.17) is 11.6 Å². The second kappa shape index (κ2) is 9.86. The third-order valence-electron chi connectivity index (χ3n) is 4.05. The molecule has 0 saturated carbocycles. The average molecular weight is 491 g/mol. The molecule has 1 aliphatic rings. The lowest BCUT2D eigenvalue weighted by Crippen LogP contribution is -2.44. The Labute approximate surface area is 174 Å². The van der Waals surface area contributed by atoms with Crippen molar-refractivity contribution in [1.82, 2.24) is 20.6 Å². The topological polar surface area (TPSA) is 65.4 Å². The molecule has 1 fully saturated rings. The number of anilines is 1. The number of aliphatic imine (C=N–C) groups is 1. The summed E-state index contributed by atoms with van der Waals surface area (Å²) in [5, 5.41) is 7.10. The fourth-order valence-electron chi connectivity index (χ4n) is 2.78. The molecule has 1 saturated heterocycles. The van der Waals surface area contributed by atoms with E-state index in [1.807, 2.05) is 12.1 Å². The first-order chi connectivity index (χ1) is 12.2. The van der Waals surface area contributed by atoms with Gasteiger partial charge < -0.3 is 15.5 Å². The Morgan fingerprint density at radius 1 is 1.35 bits per heavy atom. The van der Waals surface area contributed by atoms with Crippen molar-refractivity contribution in [1.29, 1.82) is 0 Å². The predicted molar refractivity (Wildman–Crippen MR) is 113 cm³/mol. The van der Waals surface area contributed by atoms with E-state index in [-0.39, 0.29) is 42.4 Å². The number of rotatable bonds is 4. The number of aromatic nitrogens is 2. The van der Waals surface area contributed by atoms with Gasteiger partial charge in [-0.2, -0.15) is 0 Å². The summed E-state index contributed by atoms with van der Waals surface area (Å²) < 4.78 is 13.6. The predicted octanol–water partition coefficient (Wildman–Crippen LogP) is 2.83. The molecule has 140 valence electrons. The van der Waals surface area contributed by atoms with Crippen molar-refractivity contribution in [2.75, 3.05) is 25.0 Å². The molecule has 0 bridgehead atoms. The van der Waals surface area contributed by atoms with E-state index in [1.165, 1.54) is 6.07 Å². The lowest BCUT2D eigenvalue weighted by molar-refractivity contribution is 0.589. The third kappa shape index (κ3) is 5.16. The van der Waals surface area contributed by atoms with Crippen LogP contribution in [0.2, 0.25) is 5.02 Å². The Balaban J connectivity index is 0.00000243. The fourth-order valence-corrected chi connectivity index (χ4v) is 3.03. The molecule has 2 N–H and O–H groups in total. The maximum Gasteiger partial charge on any atom is 0.191 e. The summed E-state index contributed by atoms with van der Waals surface area (Å²) in [6, 6.07) is 6.83. The number of nitrogens with zero attached hydrogens (tertiary/aromatic N) is 4. The van der Waals surface area contributed by atoms with Crippen LogP contribution in [0.3, 0.4) is 0 Å². The highest BCUT2D eigenvalue weighted by Gasteiger charge is 2.25. The molecule has 26 heavy (non-hydrogen) atoms. The summed E-state index contributed by atoms with van der Waals surface area (Å²) in [7, 11) is 1.69. The molecule has 0 aromatic carbocycles. The van der Waals surface area contributed by atoms with Crippen molar-refractivity contribution < 1.29 is 4.39 Å². The molecule has 1 atom stereocenters. The van der Waals surface area contributed by atoms with Crippen LogP contribution >= 0.6 is 35.6 Å². The van der Waals surface area contributed by atoms with Crippen LogP contribution < -0.4 is 15.5 Å². The van der Waals surface area contributed by atoms with Gasteiger partial charge in [-0.3, -0.25) is 9.98 Å². The van der Waals surface area contributed by atoms with E-state index in [0.29, 0.717) is 16.7 Å². The standard InChI is InChI=1S/C17H20ClFN6.HI/c1-20-17(23-10-15-14(19)5-3-7-21-15)24-12-6-9-25(11-12)16-13(18)4-2-8-22-16;/h2-5,7-8,12H,6,9-11H2,1H3,(H2,20,23,24);1H. The molecular formula is C17H21ClFIN6. The Morgan fingerprint density at radius 3 is 2.85 bits per heavy atom. The summed E-state index contributed by atoms with van der Waals surface area (Å²) in [4.78, 5) is 14.7. The van der Waals surface area contributed by atoms with E-state index in [1.54, 1.807) is 25.5 Å². The van der Waals surface area contributed by atoms with Crippen molar-refractivity contribution in [2.45, 2.75) is 19.0 Å². The maximum absolute atomic E-state index is 13.6. The van der Waals surface area contributed by atoms with Gasteiger partial charge in [0, 0.05) is 38.6 Å². The number of pyridine rings is 2. The van der Waals surface area contributed by atoms with Crippen LogP contribution in [0.1, 0.15) is 12.1 Å². The van der Waals surface area contributed by atoms with E-state index in [9.17, 15) is 4.39 Å². The van der Waals surface area contributed by atoms with Crippen molar-refractivity contribution in [3.63, 3.8) is 0 Å². The van der Waals surface area contributed by atoms with Gasteiger partial charge in [0.2, 0.25) is 0 Å². The van der Waals surface area contributed by atoms with E-state index < -0.39 is 0 Å². The van der Waals surface area contributed by atoms with Crippen molar-refractivity contribution in [3.05, 3.63) is 53.2 Å². The Morgan fingerprint density at radius 2 is 2.12 bits per heavy atom. The molecule has 3 heterocycles. The van der Waals surface area contributed by atoms with Crippen LogP contribution in [-0.2, 0) is 6.54 Å². The first-order valence-electron chi connectivity index (χ1n) is 8.09. The molecule has 3 rings (SSSR count). The quantitative estimate of drug-likeness (QED) is 0.392. The lowest BCUT2D eigenvalue weighted by Gasteiger charge is -2.20. The number of guanidine groups is 1. The highest BCUT2D eigenvalue weighted by atomic mass is 127. The van der Waals surface area contributed by atoms with Crippen LogP contribution in [0.4, 0.5) is 10.2 Å². The summed E-state index contributed by atoms with van der Waals surface area (Å²) in [5.41, 5.74) is 0.360. The van der Waals surface area contributed by atoms with E-state index in [2.05, 4.69) is 30.5 Å². The van der Waals surface area contributed by atoms with Gasteiger partial charge in [-0.25, -0.2) is 9.37 Å². The number of hydrogen-bond acceptors (Lipinski definition) is 4. The molecule has 2 aromatic rings. The minimum atomic E-state index is -0.331. The van der Waals surface area contributed by atoms with Gasteiger partial charge in [0.25, 0.3) is 0 Å². The average Bonchev–Trinajstić information content (AvgIpc) is 3.08. The second-order valence-electron chi connectivity index (χ2n) is 5.74. The molecule has 6 nitrogen and oxygen atoms in total. The van der Waals surface area contributed by atoms with Gasteiger partial charge in [-0.05, 0) is 30.7 Å². The molecule has 1 unspecified atom stereocenters. The molecule has 1 aliphatic heterocycles. The van der Waals surface area contributed by atoms with E-state index in [0.717, 1.165) is 25.3 Å². The minimum absolute atomic E-state index is 0. The van der Waals surface area contributed by atoms with Gasteiger partial charge >= 0.3 is 0 Å². The molecule has 9 heteroatoms. The van der Waals surface area contributed by atoms with Gasteiger partial charge in [0.1, 0.15) is 11.6 Å². The SMILES string of the molecule is CN=C(NCc1ncccc1F)NC1CCN(c2ncccc2Cl)C1.I. The van der Waals surface area contributed by atoms with Crippen LogP contribution in [0.15, 0.2) is 41.7 Å². The highest BCUT2D eigenvalue weighted by molar-refractivity contribution is 14.0. The normalized spacial score (nSPS) is 17.0. The summed E-state index contributed by atoms with van der Waals surface area (Å²) in [6.45, 7) is 1.91. The smallest absolute Gasteiger partial charge is 0.191 e. The molecular weight excluding hydrogens is 470 g/mol. The minimum Gasteiger partial charge on any atom is -0.353 e. The van der Waals surface area contributed by atoms with Crippen LogP contribution in [0.25, 0.3) is 0 Å². The van der Waals surface area contributed by atoms with Gasteiger partial charge in [0.05, 0.1) is 17.3 Å². The first-order valence-corrected chi connectivity index (χ1v) is 8.47. The monoisotopic (exact) mass is 490 g/mol. The largest absolute Gasteiger partial charge is 0.353 e. The van der Waals surface area contributed by atoms with Gasteiger partial charge in [-0.15, -0.1) is 24.0 Å². The zero-order chi connectivity index (χ0) is 17.6. The van der Waals surface area contributed by atoms with Crippen molar-refractivity contribution in [3.8, 4) is 0 Å². The van der Waals surface area contributed by atoms with Crippen LogP contribution in [-0.4, -0.2) is 42.1 Å².